The van der Waals surface area contributed by atoms with Crippen LogP contribution < -0.4 is 5.43 Å². The Morgan fingerprint density at radius 2 is 2.06 bits per heavy atom. The lowest BCUT2D eigenvalue weighted by Crippen LogP contribution is -2.17. The van der Waals surface area contributed by atoms with Crippen LogP contribution in [0.25, 0.3) is 0 Å². The molecule has 0 saturated carbocycles. The van der Waals surface area contributed by atoms with Crippen LogP contribution in [0.2, 0.25) is 0 Å². The molecular formula is C11H13FN2O2. The van der Waals surface area contributed by atoms with Crippen molar-refractivity contribution in [1.82, 2.24) is 5.43 Å². The molecule has 0 aliphatic heterocycles. The Hall–Kier alpha value is -1.91. The summed E-state index contributed by atoms with van der Waals surface area (Å²) < 4.78 is 12.6. The molecule has 0 saturated heterocycles. The minimum absolute atomic E-state index is 0.0131. The molecule has 4 nitrogen and oxygen atoms in total. The summed E-state index contributed by atoms with van der Waals surface area (Å²) in [5.41, 5.74) is 3.63. The van der Waals surface area contributed by atoms with E-state index in [1.54, 1.807) is 12.1 Å². The first-order valence-corrected chi connectivity index (χ1v) is 4.84. The summed E-state index contributed by atoms with van der Waals surface area (Å²) in [4.78, 5) is 10.4. The van der Waals surface area contributed by atoms with Crippen molar-refractivity contribution in [3.05, 3.63) is 35.6 Å². The molecule has 0 heterocycles. The van der Waals surface area contributed by atoms with E-state index < -0.39 is 5.97 Å². The normalized spacial score (nSPS) is 11.2. The van der Waals surface area contributed by atoms with E-state index in [9.17, 15) is 9.18 Å². The number of hydrogen-bond donors (Lipinski definition) is 2. The second-order valence-electron chi connectivity index (χ2n) is 3.29. The molecule has 5 heteroatoms. The number of nitrogens with zero attached hydrogens (tertiary/aromatic N) is 1. The highest BCUT2D eigenvalue weighted by Crippen LogP contribution is 2.02. The van der Waals surface area contributed by atoms with Gasteiger partial charge in [-0.1, -0.05) is 12.1 Å². The number of carboxylic acids is 1. The van der Waals surface area contributed by atoms with E-state index in [0.717, 1.165) is 5.56 Å². The highest BCUT2D eigenvalue weighted by atomic mass is 19.1. The number of hydrazone groups is 1. The SMILES string of the molecule is C/C(=N/NCCc1ccc(F)cc1)C(=O)O. The molecular weight excluding hydrogens is 211 g/mol. The standard InChI is InChI=1S/C11H13FN2O2/c1-8(11(15)16)14-13-7-6-9-2-4-10(12)5-3-9/h2-5,13H,6-7H2,1H3,(H,15,16)/b14-8-. The summed E-state index contributed by atoms with van der Waals surface area (Å²) in [5.74, 6) is -1.31. The van der Waals surface area contributed by atoms with Crippen molar-refractivity contribution in [1.29, 1.82) is 0 Å². The maximum atomic E-state index is 12.6. The van der Waals surface area contributed by atoms with Gasteiger partial charge in [0, 0.05) is 6.54 Å². The van der Waals surface area contributed by atoms with E-state index in [1.807, 2.05) is 0 Å². The van der Waals surface area contributed by atoms with E-state index >= 15 is 0 Å². The first kappa shape index (κ1) is 12.2. The van der Waals surface area contributed by atoms with E-state index in [-0.39, 0.29) is 11.5 Å². The molecule has 16 heavy (non-hydrogen) atoms. The number of aliphatic carboxylic acids is 1. The van der Waals surface area contributed by atoms with Crippen LogP contribution in [0.15, 0.2) is 29.4 Å². The minimum atomic E-state index is -1.05. The van der Waals surface area contributed by atoms with Crippen molar-refractivity contribution in [3.8, 4) is 0 Å². The Labute approximate surface area is 92.8 Å². The van der Waals surface area contributed by atoms with E-state index in [4.69, 9.17) is 5.11 Å². The predicted octanol–water partition coefficient (Wildman–Crippen LogP) is 1.42. The first-order chi connectivity index (χ1) is 7.59. The van der Waals surface area contributed by atoms with Gasteiger partial charge in [0.1, 0.15) is 11.5 Å². The molecule has 0 aliphatic rings. The molecule has 0 aliphatic carbocycles. The topological polar surface area (TPSA) is 61.7 Å². The van der Waals surface area contributed by atoms with Gasteiger partial charge in [0.15, 0.2) is 0 Å². The van der Waals surface area contributed by atoms with Gasteiger partial charge in [0.25, 0.3) is 0 Å². The van der Waals surface area contributed by atoms with Crippen molar-refractivity contribution < 1.29 is 14.3 Å². The largest absolute Gasteiger partial charge is 0.477 e. The zero-order valence-corrected chi connectivity index (χ0v) is 8.90. The fraction of sp³-hybridized carbons (Fsp3) is 0.273. The highest BCUT2D eigenvalue weighted by molar-refractivity contribution is 6.34. The molecule has 1 rings (SSSR count). The third-order valence-electron chi connectivity index (χ3n) is 2.00. The molecule has 0 fully saturated rings. The number of hydrogen-bond acceptors (Lipinski definition) is 3. The number of carbonyl (C=O) groups is 1. The Kier molecular flexibility index (Phi) is 4.44. The summed E-state index contributed by atoms with van der Waals surface area (Å²) in [6, 6.07) is 6.15. The van der Waals surface area contributed by atoms with Crippen LogP contribution in [-0.4, -0.2) is 23.3 Å². The van der Waals surface area contributed by atoms with Crippen LogP contribution in [0.5, 0.6) is 0 Å². The summed E-state index contributed by atoms with van der Waals surface area (Å²) >= 11 is 0. The molecule has 86 valence electrons. The first-order valence-electron chi connectivity index (χ1n) is 4.84. The van der Waals surface area contributed by atoms with Gasteiger partial charge in [0.05, 0.1) is 0 Å². The van der Waals surface area contributed by atoms with Crippen molar-refractivity contribution in [2.75, 3.05) is 6.54 Å². The van der Waals surface area contributed by atoms with Crippen molar-refractivity contribution >= 4 is 11.7 Å². The van der Waals surface area contributed by atoms with Gasteiger partial charge >= 0.3 is 5.97 Å². The predicted molar refractivity (Wildman–Crippen MR) is 58.9 cm³/mol. The van der Waals surface area contributed by atoms with Gasteiger partial charge in [-0.3, -0.25) is 0 Å². The molecule has 0 spiro atoms. The molecule has 0 atom stereocenters. The minimum Gasteiger partial charge on any atom is -0.477 e. The van der Waals surface area contributed by atoms with Crippen LogP contribution in [0, 0.1) is 5.82 Å². The van der Waals surface area contributed by atoms with E-state index in [0.29, 0.717) is 13.0 Å². The lowest BCUT2D eigenvalue weighted by Gasteiger charge is -2.01. The number of nitrogens with one attached hydrogen (secondary N) is 1. The Balaban J connectivity index is 2.34. The van der Waals surface area contributed by atoms with Gasteiger partial charge in [-0.25, -0.2) is 9.18 Å². The van der Waals surface area contributed by atoms with Crippen LogP contribution in [-0.2, 0) is 11.2 Å². The maximum Gasteiger partial charge on any atom is 0.351 e. The van der Waals surface area contributed by atoms with Gasteiger partial charge in [-0.2, -0.15) is 5.10 Å². The fourth-order valence-electron chi connectivity index (χ4n) is 1.07. The van der Waals surface area contributed by atoms with Crippen molar-refractivity contribution in [2.45, 2.75) is 13.3 Å². The molecule has 0 unspecified atom stereocenters. The van der Waals surface area contributed by atoms with Gasteiger partial charge in [-0.05, 0) is 31.0 Å². The summed E-state index contributed by atoms with van der Waals surface area (Å²) in [6.07, 6.45) is 0.663. The van der Waals surface area contributed by atoms with Crippen molar-refractivity contribution in [3.63, 3.8) is 0 Å². The Bertz CT molecular complexity index is 387. The molecule has 1 aromatic carbocycles. The molecule has 0 amide bonds. The monoisotopic (exact) mass is 224 g/mol. The average Bonchev–Trinajstić information content (AvgIpc) is 2.26. The van der Waals surface area contributed by atoms with E-state index in [1.165, 1.54) is 19.1 Å². The molecule has 0 aromatic heterocycles. The zero-order chi connectivity index (χ0) is 12.0. The van der Waals surface area contributed by atoms with Crippen molar-refractivity contribution in [2.24, 2.45) is 5.10 Å². The third kappa shape index (κ3) is 4.08. The van der Waals surface area contributed by atoms with Crippen LogP contribution in [0.1, 0.15) is 12.5 Å². The quantitative estimate of drug-likeness (QED) is 0.451. The molecule has 0 bridgehead atoms. The number of benzene rings is 1. The average molecular weight is 224 g/mol. The fourth-order valence-corrected chi connectivity index (χ4v) is 1.07. The highest BCUT2D eigenvalue weighted by Gasteiger charge is 2.00. The van der Waals surface area contributed by atoms with E-state index in [2.05, 4.69) is 10.5 Å². The van der Waals surface area contributed by atoms with Gasteiger partial charge in [-0.15, -0.1) is 0 Å². The van der Waals surface area contributed by atoms with Gasteiger partial charge in [0.2, 0.25) is 0 Å². The summed E-state index contributed by atoms with van der Waals surface area (Å²) in [5, 5.41) is 12.2. The Morgan fingerprint density at radius 1 is 1.44 bits per heavy atom. The van der Waals surface area contributed by atoms with Crippen LogP contribution in [0.4, 0.5) is 4.39 Å². The second-order valence-corrected chi connectivity index (χ2v) is 3.29. The summed E-state index contributed by atoms with van der Waals surface area (Å²) in [6.45, 7) is 1.92. The smallest absolute Gasteiger partial charge is 0.351 e. The maximum absolute atomic E-state index is 12.6. The molecule has 1 aromatic rings. The lowest BCUT2D eigenvalue weighted by atomic mass is 10.1. The number of rotatable bonds is 5. The number of carboxylic acid groups (broad SMARTS) is 1. The van der Waals surface area contributed by atoms with Gasteiger partial charge < -0.3 is 10.5 Å². The summed E-state index contributed by atoms with van der Waals surface area (Å²) in [7, 11) is 0. The lowest BCUT2D eigenvalue weighted by molar-refractivity contribution is -0.129. The second kappa shape index (κ2) is 5.85. The number of halogens is 1. The zero-order valence-electron chi connectivity index (χ0n) is 8.90. The Morgan fingerprint density at radius 3 is 2.62 bits per heavy atom. The molecule has 2 N–H and O–H groups in total. The van der Waals surface area contributed by atoms with Crippen LogP contribution >= 0.6 is 0 Å². The molecule has 0 radical (unpaired) electrons. The van der Waals surface area contributed by atoms with Crippen LogP contribution in [0.3, 0.4) is 0 Å². The third-order valence-corrected chi connectivity index (χ3v) is 2.00.